The summed E-state index contributed by atoms with van der Waals surface area (Å²) in [5.41, 5.74) is 1.78. The highest BCUT2D eigenvalue weighted by molar-refractivity contribution is 6.31. The zero-order valence-corrected chi connectivity index (χ0v) is 9.22. The molecular formula is C11H12Cl2O. The summed E-state index contributed by atoms with van der Waals surface area (Å²) >= 11 is 11.4. The van der Waals surface area contributed by atoms with Gasteiger partial charge in [0.15, 0.2) is 0 Å². The molecule has 0 aliphatic rings. The first-order valence-electron chi connectivity index (χ1n) is 4.39. The number of allylic oxidation sites excluding steroid dienone is 1. The first kappa shape index (κ1) is 11.6. The SMILES string of the molecule is OCc1cc(C=CCCCl)ccc1Cl. The Bertz CT molecular complexity index is 321. The first-order valence-corrected chi connectivity index (χ1v) is 5.31. The molecule has 1 rings (SSSR count). The van der Waals surface area contributed by atoms with E-state index in [1.807, 2.05) is 24.3 Å². The Labute approximate surface area is 94.0 Å². The van der Waals surface area contributed by atoms with Gasteiger partial charge in [0.25, 0.3) is 0 Å². The standard InChI is InChI=1S/C11H12Cl2O/c12-6-2-1-3-9-4-5-11(13)10(7-9)8-14/h1,3-5,7,14H,2,6,8H2. The lowest BCUT2D eigenvalue weighted by Gasteiger charge is -2.01. The van der Waals surface area contributed by atoms with Gasteiger partial charge in [0.05, 0.1) is 6.61 Å². The van der Waals surface area contributed by atoms with Crippen molar-refractivity contribution >= 4 is 29.3 Å². The minimum Gasteiger partial charge on any atom is -0.392 e. The maximum Gasteiger partial charge on any atom is 0.0696 e. The van der Waals surface area contributed by atoms with Gasteiger partial charge < -0.3 is 5.11 Å². The molecule has 0 unspecified atom stereocenters. The molecule has 0 spiro atoms. The van der Waals surface area contributed by atoms with Gasteiger partial charge in [-0.05, 0) is 29.7 Å². The number of halogens is 2. The van der Waals surface area contributed by atoms with Crippen LogP contribution < -0.4 is 0 Å². The summed E-state index contributed by atoms with van der Waals surface area (Å²) < 4.78 is 0. The fraction of sp³-hybridized carbons (Fsp3) is 0.273. The minimum absolute atomic E-state index is 0.0317. The monoisotopic (exact) mass is 230 g/mol. The van der Waals surface area contributed by atoms with Gasteiger partial charge in [-0.2, -0.15) is 0 Å². The molecule has 76 valence electrons. The highest BCUT2D eigenvalue weighted by Crippen LogP contribution is 2.18. The topological polar surface area (TPSA) is 20.2 Å². The van der Waals surface area contributed by atoms with Gasteiger partial charge >= 0.3 is 0 Å². The van der Waals surface area contributed by atoms with Gasteiger partial charge in [0.1, 0.15) is 0 Å². The molecule has 0 aliphatic heterocycles. The number of hydrogen-bond donors (Lipinski definition) is 1. The summed E-state index contributed by atoms with van der Waals surface area (Å²) in [4.78, 5) is 0. The Morgan fingerprint density at radius 1 is 1.36 bits per heavy atom. The number of hydrogen-bond acceptors (Lipinski definition) is 1. The van der Waals surface area contributed by atoms with Crippen LogP contribution in [0.2, 0.25) is 5.02 Å². The Morgan fingerprint density at radius 2 is 2.14 bits per heavy atom. The van der Waals surface area contributed by atoms with Gasteiger partial charge in [-0.1, -0.05) is 29.8 Å². The number of benzene rings is 1. The molecule has 14 heavy (non-hydrogen) atoms. The fourth-order valence-corrected chi connectivity index (χ4v) is 1.41. The second kappa shape index (κ2) is 6.07. The third kappa shape index (κ3) is 3.33. The molecular weight excluding hydrogens is 219 g/mol. The Kier molecular flexibility index (Phi) is 5.02. The van der Waals surface area contributed by atoms with Crippen molar-refractivity contribution in [1.29, 1.82) is 0 Å². The van der Waals surface area contributed by atoms with Crippen molar-refractivity contribution in [2.24, 2.45) is 0 Å². The number of aliphatic hydroxyl groups excluding tert-OH is 1. The van der Waals surface area contributed by atoms with Crippen LogP contribution in [0.25, 0.3) is 6.08 Å². The molecule has 0 bridgehead atoms. The zero-order chi connectivity index (χ0) is 10.4. The summed E-state index contributed by atoms with van der Waals surface area (Å²) in [6, 6.07) is 5.56. The van der Waals surface area contributed by atoms with E-state index < -0.39 is 0 Å². The van der Waals surface area contributed by atoms with Crippen LogP contribution in [0, 0.1) is 0 Å². The largest absolute Gasteiger partial charge is 0.392 e. The van der Waals surface area contributed by atoms with E-state index in [4.69, 9.17) is 28.3 Å². The second-order valence-electron chi connectivity index (χ2n) is 2.89. The van der Waals surface area contributed by atoms with Crippen molar-refractivity contribution in [2.75, 3.05) is 5.88 Å². The molecule has 1 aromatic rings. The van der Waals surface area contributed by atoms with Gasteiger partial charge in [-0.3, -0.25) is 0 Å². The highest BCUT2D eigenvalue weighted by Gasteiger charge is 1.98. The molecule has 1 nitrogen and oxygen atoms in total. The van der Waals surface area contributed by atoms with E-state index in [0.717, 1.165) is 17.5 Å². The summed E-state index contributed by atoms with van der Waals surface area (Å²) in [6.45, 7) is -0.0317. The van der Waals surface area contributed by atoms with Crippen LogP contribution in [0.15, 0.2) is 24.3 Å². The Balaban J connectivity index is 2.79. The molecule has 0 heterocycles. The van der Waals surface area contributed by atoms with Gasteiger partial charge in [-0.15, -0.1) is 11.6 Å². The smallest absolute Gasteiger partial charge is 0.0696 e. The summed E-state index contributed by atoms with van der Waals surface area (Å²) in [5.74, 6) is 0.622. The average molecular weight is 231 g/mol. The van der Waals surface area contributed by atoms with Crippen LogP contribution >= 0.6 is 23.2 Å². The lowest BCUT2D eigenvalue weighted by atomic mass is 10.1. The van der Waals surface area contributed by atoms with Gasteiger partial charge in [0, 0.05) is 10.9 Å². The van der Waals surface area contributed by atoms with Crippen molar-refractivity contribution in [2.45, 2.75) is 13.0 Å². The minimum atomic E-state index is -0.0317. The maximum absolute atomic E-state index is 8.98. The molecule has 0 aliphatic carbocycles. The highest BCUT2D eigenvalue weighted by atomic mass is 35.5. The molecule has 0 amide bonds. The van der Waals surface area contributed by atoms with Crippen molar-refractivity contribution in [3.8, 4) is 0 Å². The second-order valence-corrected chi connectivity index (χ2v) is 3.67. The molecule has 0 saturated heterocycles. The van der Waals surface area contributed by atoms with Crippen molar-refractivity contribution in [3.05, 3.63) is 40.4 Å². The normalized spacial score (nSPS) is 11.1. The van der Waals surface area contributed by atoms with Crippen LogP contribution in [-0.4, -0.2) is 11.0 Å². The molecule has 1 N–H and O–H groups in total. The molecule has 0 fully saturated rings. The van der Waals surface area contributed by atoms with Gasteiger partial charge in [-0.25, -0.2) is 0 Å². The summed E-state index contributed by atoms with van der Waals surface area (Å²) in [5, 5.41) is 9.58. The predicted molar refractivity (Wildman–Crippen MR) is 61.7 cm³/mol. The van der Waals surface area contributed by atoms with E-state index in [0.29, 0.717) is 10.9 Å². The predicted octanol–water partition coefficient (Wildman–Crippen LogP) is 3.47. The first-order chi connectivity index (χ1) is 6.77. The van der Waals surface area contributed by atoms with Crippen LogP contribution in [0.1, 0.15) is 17.5 Å². The molecule has 0 radical (unpaired) electrons. The van der Waals surface area contributed by atoms with Crippen LogP contribution in [0.5, 0.6) is 0 Å². The number of aliphatic hydroxyl groups is 1. The zero-order valence-electron chi connectivity index (χ0n) is 7.71. The van der Waals surface area contributed by atoms with E-state index in [1.165, 1.54) is 0 Å². The van der Waals surface area contributed by atoms with E-state index in [1.54, 1.807) is 6.07 Å². The molecule has 1 aromatic carbocycles. The average Bonchev–Trinajstić information content (AvgIpc) is 2.21. The van der Waals surface area contributed by atoms with Crippen LogP contribution in [0.4, 0.5) is 0 Å². The molecule has 0 saturated carbocycles. The molecule has 3 heteroatoms. The third-order valence-electron chi connectivity index (χ3n) is 1.83. The van der Waals surface area contributed by atoms with Crippen molar-refractivity contribution in [3.63, 3.8) is 0 Å². The third-order valence-corrected chi connectivity index (χ3v) is 2.41. The lowest BCUT2D eigenvalue weighted by Crippen LogP contribution is -1.85. The lowest BCUT2D eigenvalue weighted by molar-refractivity contribution is 0.282. The number of rotatable bonds is 4. The van der Waals surface area contributed by atoms with Crippen molar-refractivity contribution < 1.29 is 5.11 Å². The maximum atomic E-state index is 8.98. The summed E-state index contributed by atoms with van der Waals surface area (Å²) in [7, 11) is 0. The van der Waals surface area contributed by atoms with E-state index in [-0.39, 0.29) is 6.61 Å². The Morgan fingerprint density at radius 3 is 2.79 bits per heavy atom. The van der Waals surface area contributed by atoms with Gasteiger partial charge in [0.2, 0.25) is 0 Å². The fourth-order valence-electron chi connectivity index (χ4n) is 1.10. The van der Waals surface area contributed by atoms with E-state index in [9.17, 15) is 0 Å². The molecule has 0 aromatic heterocycles. The van der Waals surface area contributed by atoms with Crippen molar-refractivity contribution in [1.82, 2.24) is 0 Å². The van der Waals surface area contributed by atoms with Crippen LogP contribution in [-0.2, 0) is 6.61 Å². The quantitative estimate of drug-likeness (QED) is 0.786. The summed E-state index contributed by atoms with van der Waals surface area (Å²) in [6.07, 6.45) is 4.81. The van der Waals surface area contributed by atoms with Crippen LogP contribution in [0.3, 0.4) is 0 Å². The number of alkyl halides is 1. The van der Waals surface area contributed by atoms with E-state index >= 15 is 0 Å². The molecule has 0 atom stereocenters. The Hall–Kier alpha value is -0.500. The van der Waals surface area contributed by atoms with E-state index in [2.05, 4.69) is 0 Å².